The monoisotopic (exact) mass is 316 g/mol. The van der Waals surface area contributed by atoms with E-state index >= 15 is 0 Å². The highest BCUT2D eigenvalue weighted by Gasteiger charge is 2.38. The molecule has 1 unspecified atom stereocenters. The molecule has 1 heterocycles. The number of hydrazine groups is 1. The fraction of sp³-hybridized carbons (Fsp3) is 0.455. The summed E-state index contributed by atoms with van der Waals surface area (Å²) in [7, 11) is -4.07. The van der Waals surface area contributed by atoms with Crippen LogP contribution in [-0.4, -0.2) is 41.9 Å². The lowest BCUT2D eigenvalue weighted by molar-refractivity contribution is -0.387. The molecule has 1 atom stereocenters. The molecule has 0 radical (unpaired) electrons. The number of nitrogens with two attached hydrogens (primary N) is 1. The fourth-order valence-corrected chi connectivity index (χ4v) is 4.27. The van der Waals surface area contributed by atoms with Gasteiger partial charge in [0.2, 0.25) is 10.0 Å². The van der Waals surface area contributed by atoms with Gasteiger partial charge in [-0.3, -0.25) is 16.0 Å². The summed E-state index contributed by atoms with van der Waals surface area (Å²) in [5, 5.41) is 20.3. The predicted molar refractivity (Wildman–Crippen MR) is 74.9 cm³/mol. The van der Waals surface area contributed by atoms with Gasteiger partial charge in [0, 0.05) is 18.7 Å². The molecule has 1 aromatic rings. The Bertz CT molecular complexity index is 648. The molecular formula is C11H16N4O5S. The third kappa shape index (κ3) is 2.83. The number of rotatable bonds is 5. The highest BCUT2D eigenvalue weighted by molar-refractivity contribution is 7.89. The van der Waals surface area contributed by atoms with Crippen LogP contribution in [0.2, 0.25) is 0 Å². The number of aliphatic hydroxyl groups is 1. The van der Waals surface area contributed by atoms with Crippen molar-refractivity contribution < 1.29 is 18.4 Å². The van der Waals surface area contributed by atoms with E-state index in [2.05, 4.69) is 5.43 Å². The van der Waals surface area contributed by atoms with Gasteiger partial charge in [0.05, 0.1) is 17.2 Å². The van der Waals surface area contributed by atoms with E-state index in [1.807, 2.05) is 0 Å². The molecule has 21 heavy (non-hydrogen) atoms. The van der Waals surface area contributed by atoms with E-state index in [0.717, 1.165) is 16.4 Å². The van der Waals surface area contributed by atoms with Crippen molar-refractivity contribution in [2.75, 3.05) is 18.6 Å². The normalized spacial score (nSPS) is 19.6. The molecule has 4 N–H and O–H groups in total. The van der Waals surface area contributed by atoms with Crippen LogP contribution < -0.4 is 11.3 Å². The summed E-state index contributed by atoms with van der Waals surface area (Å²) in [6, 6.07) is 2.99. The van der Waals surface area contributed by atoms with Crippen molar-refractivity contribution in [2.45, 2.75) is 23.8 Å². The number of aliphatic hydroxyl groups excluding tert-OH is 1. The summed E-state index contributed by atoms with van der Waals surface area (Å²) in [6.45, 7) is -0.0904. The van der Waals surface area contributed by atoms with Gasteiger partial charge in [-0.1, -0.05) is 0 Å². The molecule has 9 nitrogen and oxygen atoms in total. The van der Waals surface area contributed by atoms with Crippen molar-refractivity contribution in [3.63, 3.8) is 0 Å². The third-order valence-electron chi connectivity index (χ3n) is 3.44. The zero-order valence-electron chi connectivity index (χ0n) is 11.1. The Labute approximate surface area is 121 Å². The molecule has 0 bridgehead atoms. The number of nitro groups is 1. The molecule has 1 aliphatic heterocycles. The molecule has 0 aliphatic carbocycles. The molecule has 2 rings (SSSR count). The summed E-state index contributed by atoms with van der Waals surface area (Å²) in [6.07, 6.45) is 1.13. The lowest BCUT2D eigenvalue weighted by Gasteiger charge is -2.22. The molecule has 116 valence electrons. The molecule has 0 saturated carbocycles. The van der Waals surface area contributed by atoms with Crippen LogP contribution in [0, 0.1) is 10.1 Å². The highest BCUT2D eigenvalue weighted by Crippen LogP contribution is 2.32. The second kappa shape index (κ2) is 5.93. The number of nitrogens with one attached hydrogen (secondary N) is 1. The van der Waals surface area contributed by atoms with Gasteiger partial charge in [-0.05, 0) is 25.0 Å². The predicted octanol–water partition coefficient (Wildman–Crippen LogP) is 0.0258. The van der Waals surface area contributed by atoms with E-state index in [1.165, 1.54) is 6.07 Å². The highest BCUT2D eigenvalue weighted by atomic mass is 32.2. The van der Waals surface area contributed by atoms with Crippen molar-refractivity contribution in [3.05, 3.63) is 28.3 Å². The minimum atomic E-state index is -4.07. The van der Waals surface area contributed by atoms with Crippen LogP contribution in [0.3, 0.4) is 0 Å². The van der Waals surface area contributed by atoms with Gasteiger partial charge in [-0.2, -0.15) is 4.31 Å². The summed E-state index contributed by atoms with van der Waals surface area (Å²) >= 11 is 0. The smallest absolute Gasteiger partial charge is 0.289 e. The standard InChI is InChI=1S/C11H16N4O5S/c12-13-8-3-4-10(15(17)18)11(6-8)21(19,20)14-5-1-2-9(14)7-16/h3-4,6,9,13,16H,1-2,5,7,12H2. The topological polar surface area (TPSA) is 139 Å². The maximum Gasteiger partial charge on any atom is 0.289 e. The van der Waals surface area contributed by atoms with Crippen molar-refractivity contribution in [1.29, 1.82) is 0 Å². The van der Waals surface area contributed by atoms with E-state index in [4.69, 9.17) is 5.84 Å². The van der Waals surface area contributed by atoms with Crippen LogP contribution in [0.15, 0.2) is 23.1 Å². The first-order valence-corrected chi connectivity index (χ1v) is 7.73. The van der Waals surface area contributed by atoms with Crippen molar-refractivity contribution in [1.82, 2.24) is 4.31 Å². The number of nitrogen functional groups attached to an aromatic ring is 1. The van der Waals surface area contributed by atoms with Gasteiger partial charge in [0.25, 0.3) is 5.69 Å². The Kier molecular flexibility index (Phi) is 4.42. The zero-order chi connectivity index (χ0) is 15.6. The number of hydrogen-bond acceptors (Lipinski definition) is 7. The van der Waals surface area contributed by atoms with Crippen LogP contribution in [0.5, 0.6) is 0 Å². The van der Waals surface area contributed by atoms with E-state index in [9.17, 15) is 23.6 Å². The van der Waals surface area contributed by atoms with Gasteiger partial charge in [-0.15, -0.1) is 0 Å². The second-order valence-electron chi connectivity index (χ2n) is 4.68. The van der Waals surface area contributed by atoms with Gasteiger partial charge in [0.1, 0.15) is 0 Å². The van der Waals surface area contributed by atoms with Crippen molar-refractivity contribution in [2.24, 2.45) is 5.84 Å². The molecule has 0 spiro atoms. The minimum Gasteiger partial charge on any atom is -0.395 e. The average molecular weight is 316 g/mol. The van der Waals surface area contributed by atoms with E-state index < -0.39 is 31.6 Å². The Morgan fingerprint density at radius 1 is 1.52 bits per heavy atom. The first-order valence-electron chi connectivity index (χ1n) is 6.29. The molecule has 1 aliphatic rings. The third-order valence-corrected chi connectivity index (χ3v) is 5.42. The van der Waals surface area contributed by atoms with Crippen LogP contribution in [0.1, 0.15) is 12.8 Å². The number of nitro benzene ring substituents is 1. The second-order valence-corrected chi connectivity index (χ2v) is 6.54. The fourth-order valence-electron chi connectivity index (χ4n) is 2.40. The summed E-state index contributed by atoms with van der Waals surface area (Å²) in [5.41, 5.74) is 2.00. The SMILES string of the molecule is NNc1ccc([N+](=O)[O-])c(S(=O)(=O)N2CCCC2CO)c1. The molecule has 0 aromatic heterocycles. The minimum absolute atomic E-state index is 0.227. The molecule has 0 amide bonds. The van der Waals surface area contributed by atoms with Gasteiger partial charge in [-0.25, -0.2) is 8.42 Å². The molecule has 1 saturated heterocycles. The Hall–Kier alpha value is -1.75. The average Bonchev–Trinajstić information content (AvgIpc) is 2.95. The van der Waals surface area contributed by atoms with Crippen LogP contribution in [0.4, 0.5) is 11.4 Å². The zero-order valence-corrected chi connectivity index (χ0v) is 11.9. The molecule has 10 heteroatoms. The Morgan fingerprint density at radius 2 is 2.24 bits per heavy atom. The van der Waals surface area contributed by atoms with Crippen molar-refractivity contribution >= 4 is 21.4 Å². The van der Waals surface area contributed by atoms with E-state index in [1.54, 1.807) is 0 Å². The number of nitrogens with zero attached hydrogens (tertiary/aromatic N) is 2. The largest absolute Gasteiger partial charge is 0.395 e. The van der Waals surface area contributed by atoms with Crippen molar-refractivity contribution in [3.8, 4) is 0 Å². The van der Waals surface area contributed by atoms with Gasteiger partial charge >= 0.3 is 0 Å². The van der Waals surface area contributed by atoms with Crippen LogP contribution in [0.25, 0.3) is 0 Å². The maximum absolute atomic E-state index is 12.6. The number of sulfonamides is 1. The number of hydrogen-bond donors (Lipinski definition) is 3. The Balaban J connectivity index is 2.55. The van der Waals surface area contributed by atoms with E-state index in [0.29, 0.717) is 12.8 Å². The summed E-state index contributed by atoms with van der Waals surface area (Å²) in [4.78, 5) is 9.88. The first kappa shape index (κ1) is 15.6. The number of anilines is 1. The van der Waals surface area contributed by atoms with Crippen LogP contribution >= 0.6 is 0 Å². The summed E-state index contributed by atoms with van der Waals surface area (Å²) in [5.74, 6) is 5.23. The van der Waals surface area contributed by atoms with Crippen LogP contribution in [-0.2, 0) is 10.0 Å². The van der Waals surface area contributed by atoms with Gasteiger partial charge < -0.3 is 10.5 Å². The summed E-state index contributed by atoms with van der Waals surface area (Å²) < 4.78 is 26.4. The molecular weight excluding hydrogens is 300 g/mol. The molecule has 1 fully saturated rings. The van der Waals surface area contributed by atoms with E-state index in [-0.39, 0.29) is 18.8 Å². The maximum atomic E-state index is 12.6. The quantitative estimate of drug-likeness (QED) is 0.395. The lowest BCUT2D eigenvalue weighted by Crippen LogP contribution is -2.37. The lowest BCUT2D eigenvalue weighted by atomic mass is 10.2. The van der Waals surface area contributed by atoms with Gasteiger partial charge in [0.15, 0.2) is 4.90 Å². The number of benzene rings is 1. The molecule has 1 aromatic carbocycles. The Morgan fingerprint density at radius 3 is 2.81 bits per heavy atom. The first-order chi connectivity index (χ1) is 9.91.